The van der Waals surface area contributed by atoms with Gasteiger partial charge in [-0.1, -0.05) is 24.3 Å². The number of para-hydroxylation sites is 1. The zero-order valence-electron chi connectivity index (χ0n) is 8.55. The molecule has 2 aromatic rings. The molecule has 5 nitrogen and oxygen atoms in total. The Kier molecular flexibility index (Phi) is 11.4. The quantitative estimate of drug-likeness (QED) is 0.319. The Morgan fingerprint density at radius 2 is 1.47 bits per heavy atom. The zero-order valence-corrected chi connectivity index (χ0v) is 15.4. The van der Waals surface area contributed by atoms with Gasteiger partial charge in [0.1, 0.15) is 0 Å². The molecular weight excluding hydrogens is 462 g/mol. The maximum Gasteiger partial charge on any atom is 2.00 e. The average Bonchev–Trinajstić information content (AvgIpc) is 2.16. The summed E-state index contributed by atoms with van der Waals surface area (Å²) >= 11 is 0. The van der Waals surface area contributed by atoms with Crippen molar-refractivity contribution in [3.8, 4) is 0 Å². The summed E-state index contributed by atoms with van der Waals surface area (Å²) in [6.07, 6.45) is 1.81. The van der Waals surface area contributed by atoms with Gasteiger partial charge in [0, 0.05) is 42.4 Å². The summed E-state index contributed by atoms with van der Waals surface area (Å²) in [6.45, 7) is 0. The first-order valence-corrected chi connectivity index (χ1v) is 5.26. The van der Waals surface area contributed by atoms with Gasteiger partial charge in [0.05, 0.1) is 5.52 Å². The first kappa shape index (κ1) is 20.1. The minimum atomic E-state index is -5.17. The molecule has 0 N–H and O–H groups in total. The van der Waals surface area contributed by atoms with Crippen LogP contribution in [0.2, 0.25) is 0 Å². The van der Waals surface area contributed by atoms with Crippen LogP contribution in [-0.2, 0) is 30.8 Å². The Morgan fingerprint density at radius 1 is 1.00 bits per heavy atom. The number of nitrogens with zero attached hydrogens (tertiary/aromatic N) is 1. The first-order valence-electron chi connectivity index (χ1n) is 3.93. The van der Waals surface area contributed by atoms with E-state index in [9.17, 15) is 0 Å². The minimum Gasteiger partial charge on any atom is -0.759 e. The molecule has 8 heteroatoms. The molecule has 0 aliphatic rings. The molecule has 0 saturated heterocycles. The maximum absolute atomic E-state index is 8.52. The van der Waals surface area contributed by atoms with Crippen LogP contribution >= 0.6 is 0 Å². The van der Waals surface area contributed by atoms with Crippen LogP contribution in [0.15, 0.2) is 42.6 Å². The molecule has 1 heterocycles. The number of hydrogen-bond donors (Lipinski definition) is 0. The third kappa shape index (κ3) is 10.4. The number of hydrogen-bond acceptors (Lipinski definition) is 5. The van der Waals surface area contributed by atoms with E-state index in [2.05, 4.69) is 17.1 Å². The zero-order chi connectivity index (χ0) is 11.3. The molecule has 90 valence electrons. The molecule has 0 saturated carbocycles. The second kappa shape index (κ2) is 9.64. The van der Waals surface area contributed by atoms with Crippen molar-refractivity contribution in [2.24, 2.45) is 0 Å². The van der Waals surface area contributed by atoms with Gasteiger partial charge in [-0.05, 0) is 12.1 Å². The molecule has 0 aliphatic heterocycles. The van der Waals surface area contributed by atoms with Gasteiger partial charge in [0.2, 0.25) is 0 Å². The third-order valence-corrected chi connectivity index (χ3v) is 1.51. The number of rotatable bonds is 0. The Balaban J connectivity index is 0. The largest absolute Gasteiger partial charge is 2.00 e. The topological polar surface area (TPSA) is 93.2 Å². The second-order valence-corrected chi connectivity index (χ2v) is 3.42. The summed E-state index contributed by atoms with van der Waals surface area (Å²) < 4.78 is 34.1. The van der Waals surface area contributed by atoms with Crippen molar-refractivity contribution in [2.75, 3.05) is 0 Å². The van der Waals surface area contributed by atoms with E-state index < -0.39 is 10.4 Å². The number of fused-ring (bicyclic) bond motifs is 1. The van der Waals surface area contributed by atoms with E-state index in [0.29, 0.717) is 0 Å². The Bertz CT molecular complexity index is 476. The van der Waals surface area contributed by atoms with Crippen LogP contribution < -0.4 is 0 Å². The van der Waals surface area contributed by atoms with Gasteiger partial charge in [-0.25, -0.2) is 0 Å². The van der Waals surface area contributed by atoms with Gasteiger partial charge in [-0.2, -0.15) is 0 Å². The molecule has 2 rings (SSSR count). The smallest absolute Gasteiger partial charge is 0.759 e. The molecule has 0 spiro atoms. The van der Waals surface area contributed by atoms with E-state index >= 15 is 0 Å². The van der Waals surface area contributed by atoms with Crippen LogP contribution in [0.25, 0.3) is 10.9 Å². The van der Waals surface area contributed by atoms with Gasteiger partial charge in [0.25, 0.3) is 0 Å². The van der Waals surface area contributed by atoms with Crippen LogP contribution in [0, 0.1) is 0 Å². The number of aromatic nitrogens is 1. The summed E-state index contributed by atoms with van der Waals surface area (Å²) in [5.41, 5.74) is 1.06. The second-order valence-electron chi connectivity index (χ2n) is 2.60. The van der Waals surface area contributed by atoms with Crippen LogP contribution in [-0.4, -0.2) is 71.4 Å². The normalized spacial score (nSPS) is 9.29. The number of pyridine rings is 1. The van der Waals surface area contributed by atoms with Crippen molar-refractivity contribution in [3.05, 3.63) is 42.6 Å². The summed E-state index contributed by atoms with van der Waals surface area (Å²) in [7, 11) is -5.17. The van der Waals surface area contributed by atoms with Crippen molar-refractivity contribution in [1.29, 1.82) is 0 Å². The Morgan fingerprint density at radius 3 is 2.00 bits per heavy atom. The van der Waals surface area contributed by atoms with E-state index in [1.54, 1.807) is 0 Å². The molecular formula is C9H7BaNO4PdS. The molecule has 1 aromatic heterocycles. The fourth-order valence-corrected chi connectivity index (χ4v) is 1.02. The third-order valence-electron chi connectivity index (χ3n) is 1.51. The predicted octanol–water partition coefficient (Wildman–Crippen LogP) is 0.514. The summed E-state index contributed by atoms with van der Waals surface area (Å²) in [6, 6.07) is 12.1. The summed E-state index contributed by atoms with van der Waals surface area (Å²) in [5, 5.41) is 1.20. The SMILES string of the molecule is O=S(=O)([O-])[O-].[Ba+2].[Pd].c1ccc2ncccc2c1. The van der Waals surface area contributed by atoms with Gasteiger partial charge in [-0.3, -0.25) is 13.4 Å². The van der Waals surface area contributed by atoms with Crippen molar-refractivity contribution in [3.63, 3.8) is 0 Å². The molecule has 0 bridgehead atoms. The maximum atomic E-state index is 8.52. The molecule has 0 unspecified atom stereocenters. The van der Waals surface area contributed by atoms with Gasteiger partial charge < -0.3 is 9.11 Å². The molecule has 0 amide bonds. The molecule has 0 atom stereocenters. The Labute approximate surface area is 153 Å². The minimum absolute atomic E-state index is 0. The van der Waals surface area contributed by atoms with Gasteiger partial charge in [-0.15, -0.1) is 0 Å². The molecule has 17 heavy (non-hydrogen) atoms. The summed E-state index contributed by atoms with van der Waals surface area (Å²) in [4.78, 5) is 4.18. The van der Waals surface area contributed by atoms with Crippen molar-refractivity contribution in [2.45, 2.75) is 0 Å². The van der Waals surface area contributed by atoms with Gasteiger partial charge in [0.15, 0.2) is 0 Å². The summed E-state index contributed by atoms with van der Waals surface area (Å²) in [5.74, 6) is 0. The van der Waals surface area contributed by atoms with Crippen molar-refractivity contribution in [1.82, 2.24) is 4.98 Å². The first-order chi connectivity index (χ1) is 6.97. The van der Waals surface area contributed by atoms with Crippen LogP contribution in [0.3, 0.4) is 0 Å². The molecule has 1 aromatic carbocycles. The average molecular weight is 469 g/mol. The van der Waals surface area contributed by atoms with Crippen molar-refractivity contribution < 1.29 is 37.9 Å². The Hall–Kier alpha value is 0.734. The van der Waals surface area contributed by atoms with E-state index in [4.69, 9.17) is 17.5 Å². The molecule has 0 fully saturated rings. The fraction of sp³-hybridized carbons (Fsp3) is 0. The van der Waals surface area contributed by atoms with E-state index in [-0.39, 0.29) is 69.3 Å². The van der Waals surface area contributed by atoms with Gasteiger partial charge >= 0.3 is 48.9 Å². The molecule has 0 aliphatic carbocycles. The number of benzene rings is 1. The van der Waals surface area contributed by atoms with Crippen LogP contribution in [0.5, 0.6) is 0 Å². The standard InChI is InChI=1S/C9H7N.Ba.H2O4S.Pd/c1-2-6-9-8(4-1)5-3-7-10-9;;1-5(2,3)4;/h1-7H;;(H2,1,2,3,4);/q;+2;;/p-2. The van der Waals surface area contributed by atoms with E-state index in [0.717, 1.165) is 5.52 Å². The van der Waals surface area contributed by atoms with E-state index in [1.165, 1.54) is 5.39 Å². The fourth-order valence-electron chi connectivity index (χ4n) is 1.02. The monoisotopic (exact) mass is 469 g/mol. The van der Waals surface area contributed by atoms with E-state index in [1.807, 2.05) is 30.5 Å². The molecule has 0 radical (unpaired) electrons. The van der Waals surface area contributed by atoms with Crippen molar-refractivity contribution >= 4 is 70.2 Å². The van der Waals surface area contributed by atoms with Crippen LogP contribution in [0.4, 0.5) is 0 Å². The predicted molar refractivity (Wildman–Crippen MR) is 58.0 cm³/mol. The van der Waals surface area contributed by atoms with Crippen LogP contribution in [0.1, 0.15) is 0 Å².